The quantitative estimate of drug-likeness (QED) is 0.851. The zero-order chi connectivity index (χ0) is 11.4. The van der Waals surface area contributed by atoms with E-state index in [1.807, 2.05) is 24.4 Å². The Hall–Kier alpha value is -1.61. The highest BCUT2D eigenvalue weighted by Crippen LogP contribution is 2.22. The summed E-state index contributed by atoms with van der Waals surface area (Å²) < 4.78 is 5.21. The molecule has 1 heterocycles. The van der Waals surface area contributed by atoms with Gasteiger partial charge in [0.2, 0.25) is 0 Å². The maximum absolute atomic E-state index is 5.21. The fourth-order valence-electron chi connectivity index (χ4n) is 1.73. The first-order chi connectivity index (χ1) is 7.85. The van der Waals surface area contributed by atoms with Crippen LogP contribution in [0.5, 0.6) is 5.75 Å². The Balaban J connectivity index is 2.43. The number of fused-ring (bicyclic) bond motifs is 1. The van der Waals surface area contributed by atoms with Crippen molar-refractivity contribution in [3.8, 4) is 5.75 Å². The highest BCUT2D eigenvalue weighted by atomic mass is 16.5. The molecule has 3 heteroatoms. The number of hydrogen-bond acceptors (Lipinski definition) is 3. The van der Waals surface area contributed by atoms with E-state index < -0.39 is 0 Å². The molecular weight excluding hydrogens is 200 g/mol. The van der Waals surface area contributed by atoms with E-state index in [0.29, 0.717) is 0 Å². The molecular formula is C13H16N2O. The summed E-state index contributed by atoms with van der Waals surface area (Å²) in [6.45, 7) is 3.85. The molecule has 0 atom stereocenters. The number of nitrogens with zero attached hydrogens (tertiary/aromatic N) is 1. The standard InChI is InChI=1S/C13H16N2O/c1-3-14-9-13-12-5-4-11(16-2)8-10(12)6-7-15-13/h4-8,14H,3,9H2,1-2H3. The minimum absolute atomic E-state index is 0.806. The molecule has 0 saturated heterocycles. The SMILES string of the molecule is CCNCc1nccc2cc(OC)ccc12. The number of pyridine rings is 1. The molecule has 0 amide bonds. The largest absolute Gasteiger partial charge is 0.497 e. The fourth-order valence-corrected chi connectivity index (χ4v) is 1.73. The Morgan fingerprint density at radius 3 is 2.94 bits per heavy atom. The number of benzene rings is 1. The number of methoxy groups -OCH3 is 1. The normalized spacial score (nSPS) is 10.6. The molecule has 3 nitrogen and oxygen atoms in total. The molecule has 0 aliphatic rings. The van der Waals surface area contributed by atoms with Crippen LogP contribution in [0.2, 0.25) is 0 Å². The van der Waals surface area contributed by atoms with Crippen LogP contribution in [0.15, 0.2) is 30.5 Å². The van der Waals surface area contributed by atoms with Crippen LogP contribution in [0.25, 0.3) is 10.8 Å². The van der Waals surface area contributed by atoms with Gasteiger partial charge in [0.15, 0.2) is 0 Å². The number of nitrogens with one attached hydrogen (secondary N) is 1. The summed E-state index contributed by atoms with van der Waals surface area (Å²) in [5.41, 5.74) is 1.09. The zero-order valence-corrected chi connectivity index (χ0v) is 9.66. The third-order valence-electron chi connectivity index (χ3n) is 2.60. The number of rotatable bonds is 4. The summed E-state index contributed by atoms with van der Waals surface area (Å²) in [5, 5.41) is 5.64. The van der Waals surface area contributed by atoms with Crippen LogP contribution in [-0.2, 0) is 6.54 Å². The van der Waals surface area contributed by atoms with Crippen LogP contribution in [0.1, 0.15) is 12.6 Å². The van der Waals surface area contributed by atoms with Crippen molar-refractivity contribution < 1.29 is 4.74 Å². The molecule has 0 aliphatic carbocycles. The van der Waals surface area contributed by atoms with Crippen LogP contribution in [0.4, 0.5) is 0 Å². The molecule has 1 aromatic heterocycles. The van der Waals surface area contributed by atoms with E-state index in [9.17, 15) is 0 Å². The van der Waals surface area contributed by atoms with Gasteiger partial charge >= 0.3 is 0 Å². The molecule has 0 saturated carbocycles. The average molecular weight is 216 g/mol. The number of hydrogen-bond donors (Lipinski definition) is 1. The smallest absolute Gasteiger partial charge is 0.119 e. The number of aromatic nitrogens is 1. The van der Waals surface area contributed by atoms with Gasteiger partial charge in [0, 0.05) is 18.1 Å². The molecule has 0 radical (unpaired) electrons. The van der Waals surface area contributed by atoms with Gasteiger partial charge in [-0.25, -0.2) is 0 Å². The average Bonchev–Trinajstić information content (AvgIpc) is 2.35. The lowest BCUT2D eigenvalue weighted by molar-refractivity contribution is 0.415. The highest BCUT2D eigenvalue weighted by molar-refractivity contribution is 5.85. The lowest BCUT2D eigenvalue weighted by Gasteiger charge is -2.07. The lowest BCUT2D eigenvalue weighted by Crippen LogP contribution is -2.13. The highest BCUT2D eigenvalue weighted by Gasteiger charge is 2.02. The van der Waals surface area contributed by atoms with Gasteiger partial charge in [-0.2, -0.15) is 0 Å². The third-order valence-corrected chi connectivity index (χ3v) is 2.60. The first-order valence-electron chi connectivity index (χ1n) is 5.47. The van der Waals surface area contributed by atoms with E-state index in [2.05, 4.69) is 23.3 Å². The summed E-state index contributed by atoms with van der Waals surface area (Å²) in [6, 6.07) is 8.08. The van der Waals surface area contributed by atoms with Crippen molar-refractivity contribution in [2.75, 3.05) is 13.7 Å². The van der Waals surface area contributed by atoms with Gasteiger partial charge in [0.05, 0.1) is 12.8 Å². The molecule has 0 aliphatic heterocycles. The van der Waals surface area contributed by atoms with Gasteiger partial charge in [-0.15, -0.1) is 0 Å². The molecule has 16 heavy (non-hydrogen) atoms. The van der Waals surface area contributed by atoms with E-state index in [1.54, 1.807) is 7.11 Å². The van der Waals surface area contributed by atoms with Crippen molar-refractivity contribution in [3.05, 3.63) is 36.2 Å². The first-order valence-corrected chi connectivity index (χ1v) is 5.47. The summed E-state index contributed by atoms with van der Waals surface area (Å²) in [6.07, 6.45) is 1.84. The molecule has 0 unspecified atom stereocenters. The van der Waals surface area contributed by atoms with Crippen LogP contribution < -0.4 is 10.1 Å². The van der Waals surface area contributed by atoms with Crippen molar-refractivity contribution in [2.24, 2.45) is 0 Å². The van der Waals surface area contributed by atoms with Crippen LogP contribution in [-0.4, -0.2) is 18.6 Å². The van der Waals surface area contributed by atoms with Gasteiger partial charge in [0.1, 0.15) is 5.75 Å². The monoisotopic (exact) mass is 216 g/mol. The Morgan fingerprint density at radius 1 is 1.31 bits per heavy atom. The summed E-state index contributed by atoms with van der Waals surface area (Å²) in [7, 11) is 1.68. The fraction of sp³-hybridized carbons (Fsp3) is 0.308. The Labute approximate surface area is 95.5 Å². The molecule has 84 valence electrons. The van der Waals surface area contributed by atoms with Crippen molar-refractivity contribution in [1.29, 1.82) is 0 Å². The summed E-state index contributed by atoms with van der Waals surface area (Å²) in [5.74, 6) is 0.883. The van der Waals surface area contributed by atoms with Gasteiger partial charge in [-0.1, -0.05) is 6.92 Å². The molecule has 0 bridgehead atoms. The Kier molecular flexibility index (Phi) is 3.37. The van der Waals surface area contributed by atoms with Crippen LogP contribution in [0, 0.1) is 0 Å². The van der Waals surface area contributed by atoms with E-state index >= 15 is 0 Å². The summed E-state index contributed by atoms with van der Waals surface area (Å²) in [4.78, 5) is 4.40. The second kappa shape index (κ2) is 4.94. The Bertz CT molecular complexity index is 482. The van der Waals surface area contributed by atoms with E-state index in [0.717, 1.165) is 24.5 Å². The van der Waals surface area contributed by atoms with Crippen LogP contribution >= 0.6 is 0 Å². The van der Waals surface area contributed by atoms with Gasteiger partial charge in [-0.05, 0) is 36.2 Å². The second-order valence-corrected chi connectivity index (χ2v) is 3.63. The van der Waals surface area contributed by atoms with Crippen LogP contribution in [0.3, 0.4) is 0 Å². The van der Waals surface area contributed by atoms with Gasteiger partial charge in [-0.3, -0.25) is 4.98 Å². The molecule has 2 rings (SSSR count). The van der Waals surface area contributed by atoms with E-state index in [4.69, 9.17) is 4.74 Å². The van der Waals surface area contributed by atoms with Crippen molar-refractivity contribution in [2.45, 2.75) is 13.5 Å². The topological polar surface area (TPSA) is 34.2 Å². The van der Waals surface area contributed by atoms with E-state index in [1.165, 1.54) is 10.8 Å². The zero-order valence-electron chi connectivity index (χ0n) is 9.66. The van der Waals surface area contributed by atoms with E-state index in [-0.39, 0.29) is 0 Å². The molecule has 0 fully saturated rings. The van der Waals surface area contributed by atoms with Crippen molar-refractivity contribution in [3.63, 3.8) is 0 Å². The Morgan fingerprint density at radius 2 is 2.19 bits per heavy atom. The predicted octanol–water partition coefficient (Wildman–Crippen LogP) is 2.35. The maximum Gasteiger partial charge on any atom is 0.119 e. The van der Waals surface area contributed by atoms with Crippen molar-refractivity contribution in [1.82, 2.24) is 10.3 Å². The molecule has 0 spiro atoms. The second-order valence-electron chi connectivity index (χ2n) is 3.63. The maximum atomic E-state index is 5.21. The van der Waals surface area contributed by atoms with Gasteiger partial charge < -0.3 is 10.1 Å². The van der Waals surface area contributed by atoms with Crippen molar-refractivity contribution >= 4 is 10.8 Å². The predicted molar refractivity (Wildman–Crippen MR) is 65.7 cm³/mol. The van der Waals surface area contributed by atoms with Gasteiger partial charge in [0.25, 0.3) is 0 Å². The number of ether oxygens (including phenoxy) is 1. The summed E-state index contributed by atoms with van der Waals surface area (Å²) >= 11 is 0. The molecule has 1 N–H and O–H groups in total. The minimum atomic E-state index is 0.806. The molecule has 1 aromatic carbocycles. The minimum Gasteiger partial charge on any atom is -0.497 e. The lowest BCUT2D eigenvalue weighted by atomic mass is 10.1. The molecule has 2 aromatic rings. The third kappa shape index (κ3) is 2.14. The first kappa shape index (κ1) is 10.9.